The van der Waals surface area contributed by atoms with Crippen LogP contribution >= 0.6 is 0 Å². The van der Waals surface area contributed by atoms with Crippen molar-refractivity contribution in [3.63, 3.8) is 0 Å². The van der Waals surface area contributed by atoms with E-state index < -0.39 is 23.2 Å². The molecule has 0 atom stereocenters. The summed E-state index contributed by atoms with van der Waals surface area (Å²) < 4.78 is 27.2. The van der Waals surface area contributed by atoms with Crippen LogP contribution in [0.2, 0.25) is 0 Å². The van der Waals surface area contributed by atoms with Gasteiger partial charge in [-0.05, 0) is 44.2 Å². The lowest BCUT2D eigenvalue weighted by Crippen LogP contribution is -2.09. The lowest BCUT2D eigenvalue weighted by molar-refractivity contribution is 0.0690. The van der Waals surface area contributed by atoms with E-state index in [2.05, 4.69) is 11.4 Å². The van der Waals surface area contributed by atoms with E-state index in [1.165, 1.54) is 24.5 Å². The first kappa shape index (κ1) is 14.5. The van der Waals surface area contributed by atoms with Gasteiger partial charge < -0.3 is 10.4 Å². The summed E-state index contributed by atoms with van der Waals surface area (Å²) in [5, 5.41) is 11.5. The molecule has 0 amide bonds. The van der Waals surface area contributed by atoms with Gasteiger partial charge in [0.15, 0.2) is 11.6 Å². The average molecular weight is 281 g/mol. The zero-order valence-electron chi connectivity index (χ0n) is 11.1. The van der Waals surface area contributed by atoms with Crippen LogP contribution in [0.25, 0.3) is 0 Å². The number of aromatic carboxylic acids is 1. The molecule has 0 aliphatic heterocycles. The van der Waals surface area contributed by atoms with Gasteiger partial charge in [0, 0.05) is 6.54 Å². The SMILES string of the molecule is O=C(O)c1ccc(NCCC2=CCCCC2)c(F)c1F. The standard InChI is InChI=1S/C15H17F2NO2/c16-13-11(15(19)20)6-7-12(14(13)17)18-9-8-10-4-2-1-3-5-10/h4,6-7,18H,1-3,5,8-9H2,(H,19,20). The van der Waals surface area contributed by atoms with E-state index in [1.54, 1.807) is 0 Å². The minimum Gasteiger partial charge on any atom is -0.478 e. The number of nitrogens with one attached hydrogen (secondary N) is 1. The third-order valence-electron chi connectivity index (χ3n) is 3.46. The molecule has 1 aliphatic carbocycles. The van der Waals surface area contributed by atoms with Crippen molar-refractivity contribution in [1.82, 2.24) is 0 Å². The number of benzene rings is 1. The van der Waals surface area contributed by atoms with Crippen LogP contribution in [0.1, 0.15) is 42.5 Å². The topological polar surface area (TPSA) is 49.3 Å². The molecule has 0 fully saturated rings. The summed E-state index contributed by atoms with van der Waals surface area (Å²) in [5.41, 5.74) is 0.693. The van der Waals surface area contributed by atoms with Gasteiger partial charge in [-0.1, -0.05) is 11.6 Å². The smallest absolute Gasteiger partial charge is 0.338 e. The fourth-order valence-corrected chi connectivity index (χ4v) is 2.34. The second-order valence-corrected chi connectivity index (χ2v) is 4.88. The van der Waals surface area contributed by atoms with E-state index in [1.807, 2.05) is 0 Å². The van der Waals surface area contributed by atoms with Gasteiger partial charge in [-0.25, -0.2) is 13.6 Å². The summed E-state index contributed by atoms with van der Waals surface area (Å²) >= 11 is 0. The Bertz CT molecular complexity index is 541. The zero-order chi connectivity index (χ0) is 14.5. The van der Waals surface area contributed by atoms with Crippen molar-refractivity contribution in [2.24, 2.45) is 0 Å². The fraction of sp³-hybridized carbons (Fsp3) is 0.400. The van der Waals surface area contributed by atoms with E-state index in [4.69, 9.17) is 5.11 Å². The molecule has 0 spiro atoms. The maximum atomic E-state index is 13.7. The normalized spacial score (nSPS) is 14.8. The summed E-state index contributed by atoms with van der Waals surface area (Å²) in [6, 6.07) is 2.33. The molecule has 0 saturated carbocycles. The molecule has 5 heteroatoms. The van der Waals surface area contributed by atoms with Crippen LogP contribution in [-0.4, -0.2) is 17.6 Å². The largest absolute Gasteiger partial charge is 0.478 e. The van der Waals surface area contributed by atoms with Crippen molar-refractivity contribution in [1.29, 1.82) is 0 Å². The number of carboxylic acid groups (broad SMARTS) is 1. The third kappa shape index (κ3) is 3.35. The second kappa shape index (κ2) is 6.50. The van der Waals surface area contributed by atoms with Crippen LogP contribution in [0, 0.1) is 11.6 Å². The van der Waals surface area contributed by atoms with Crippen LogP contribution in [0.15, 0.2) is 23.8 Å². The van der Waals surface area contributed by atoms with E-state index in [0.717, 1.165) is 25.3 Å². The van der Waals surface area contributed by atoms with E-state index in [9.17, 15) is 13.6 Å². The second-order valence-electron chi connectivity index (χ2n) is 4.88. The number of carboxylic acids is 1. The van der Waals surface area contributed by atoms with Crippen LogP contribution in [0.3, 0.4) is 0 Å². The van der Waals surface area contributed by atoms with Crippen molar-refractivity contribution in [2.45, 2.75) is 32.1 Å². The lowest BCUT2D eigenvalue weighted by Gasteiger charge is -2.14. The van der Waals surface area contributed by atoms with Gasteiger partial charge in [0.1, 0.15) is 0 Å². The Morgan fingerprint density at radius 3 is 2.70 bits per heavy atom. The molecular weight excluding hydrogens is 264 g/mol. The molecule has 0 radical (unpaired) electrons. The number of hydrogen-bond donors (Lipinski definition) is 2. The van der Waals surface area contributed by atoms with Gasteiger partial charge in [-0.3, -0.25) is 0 Å². The van der Waals surface area contributed by atoms with Crippen molar-refractivity contribution >= 4 is 11.7 Å². The van der Waals surface area contributed by atoms with Crippen LogP contribution in [-0.2, 0) is 0 Å². The quantitative estimate of drug-likeness (QED) is 0.803. The Kier molecular flexibility index (Phi) is 4.71. The monoisotopic (exact) mass is 281 g/mol. The molecule has 1 aromatic rings. The highest BCUT2D eigenvalue weighted by Gasteiger charge is 2.17. The highest BCUT2D eigenvalue weighted by atomic mass is 19.2. The van der Waals surface area contributed by atoms with Gasteiger partial charge in [-0.2, -0.15) is 0 Å². The van der Waals surface area contributed by atoms with Crippen LogP contribution in [0.5, 0.6) is 0 Å². The van der Waals surface area contributed by atoms with Gasteiger partial charge in [-0.15, -0.1) is 0 Å². The van der Waals surface area contributed by atoms with E-state index in [0.29, 0.717) is 6.54 Å². The molecule has 20 heavy (non-hydrogen) atoms. The predicted molar refractivity (Wildman–Crippen MR) is 73.0 cm³/mol. The molecule has 2 rings (SSSR count). The van der Waals surface area contributed by atoms with Crippen molar-refractivity contribution in [3.05, 3.63) is 41.0 Å². The molecule has 3 nitrogen and oxygen atoms in total. The summed E-state index contributed by atoms with van der Waals surface area (Å²) in [7, 11) is 0. The summed E-state index contributed by atoms with van der Waals surface area (Å²) in [5.74, 6) is -3.93. The van der Waals surface area contributed by atoms with Crippen molar-refractivity contribution in [2.75, 3.05) is 11.9 Å². The molecule has 0 bridgehead atoms. The Labute approximate surface area is 116 Å². The highest BCUT2D eigenvalue weighted by molar-refractivity contribution is 5.88. The van der Waals surface area contributed by atoms with Gasteiger partial charge in [0.05, 0.1) is 11.3 Å². The van der Waals surface area contributed by atoms with Gasteiger partial charge in [0.2, 0.25) is 0 Å². The van der Waals surface area contributed by atoms with Gasteiger partial charge in [0.25, 0.3) is 0 Å². The van der Waals surface area contributed by atoms with Crippen LogP contribution in [0.4, 0.5) is 14.5 Å². The average Bonchev–Trinajstić information content (AvgIpc) is 2.44. The van der Waals surface area contributed by atoms with Crippen LogP contribution < -0.4 is 5.32 Å². The number of rotatable bonds is 5. The minimum absolute atomic E-state index is 0.00362. The molecule has 108 valence electrons. The van der Waals surface area contributed by atoms with Crippen molar-refractivity contribution < 1.29 is 18.7 Å². The lowest BCUT2D eigenvalue weighted by atomic mass is 9.97. The van der Waals surface area contributed by atoms with E-state index >= 15 is 0 Å². The molecule has 0 aromatic heterocycles. The molecule has 1 aliphatic rings. The molecular formula is C15H17F2NO2. The molecule has 2 N–H and O–H groups in total. The first-order chi connectivity index (χ1) is 9.59. The number of anilines is 1. The first-order valence-electron chi connectivity index (χ1n) is 6.72. The van der Waals surface area contributed by atoms with Gasteiger partial charge >= 0.3 is 5.97 Å². The number of halogens is 2. The molecule has 0 heterocycles. The Balaban J connectivity index is 1.98. The Morgan fingerprint density at radius 2 is 2.05 bits per heavy atom. The highest BCUT2D eigenvalue weighted by Crippen LogP contribution is 2.23. The third-order valence-corrected chi connectivity index (χ3v) is 3.46. The van der Waals surface area contributed by atoms with Crippen molar-refractivity contribution in [3.8, 4) is 0 Å². The summed E-state index contributed by atoms with van der Waals surface area (Å²) in [6.07, 6.45) is 7.55. The Morgan fingerprint density at radius 1 is 1.25 bits per heavy atom. The number of allylic oxidation sites excluding steroid dienone is 1. The predicted octanol–water partition coefficient (Wildman–Crippen LogP) is 3.97. The molecule has 0 unspecified atom stereocenters. The molecule has 1 aromatic carbocycles. The fourth-order valence-electron chi connectivity index (χ4n) is 2.34. The number of hydrogen-bond acceptors (Lipinski definition) is 2. The summed E-state index contributed by atoms with van der Waals surface area (Å²) in [4.78, 5) is 10.7. The minimum atomic E-state index is -1.47. The maximum absolute atomic E-state index is 13.7. The zero-order valence-corrected chi connectivity index (χ0v) is 11.1. The molecule has 0 saturated heterocycles. The Hall–Kier alpha value is -1.91. The number of carbonyl (C=O) groups is 1. The maximum Gasteiger partial charge on any atom is 0.338 e. The first-order valence-corrected chi connectivity index (χ1v) is 6.72. The summed E-state index contributed by atoms with van der Waals surface area (Å²) in [6.45, 7) is 0.509. The van der Waals surface area contributed by atoms with E-state index in [-0.39, 0.29) is 5.69 Å².